The van der Waals surface area contributed by atoms with E-state index in [0.717, 1.165) is 18.5 Å². The van der Waals surface area contributed by atoms with Crippen molar-refractivity contribution in [3.63, 3.8) is 0 Å². The lowest BCUT2D eigenvalue weighted by Gasteiger charge is -2.16. The van der Waals surface area contributed by atoms with Crippen LogP contribution in [0.25, 0.3) is 5.69 Å². The molecule has 0 saturated heterocycles. The summed E-state index contributed by atoms with van der Waals surface area (Å²) in [5, 5.41) is 25.2. The van der Waals surface area contributed by atoms with Gasteiger partial charge in [0, 0.05) is 34.8 Å². The van der Waals surface area contributed by atoms with E-state index in [1.165, 1.54) is 29.3 Å². The number of anilines is 1. The number of carbonyl (C=O) groups excluding carboxylic acids is 1. The molecular formula is C21H18ClF3N9O2+. The Balaban J connectivity index is 1.44. The van der Waals surface area contributed by atoms with Crippen LogP contribution in [0.4, 0.5) is 19.0 Å². The average molecular weight is 521 g/mol. The minimum atomic E-state index is -3.57. The summed E-state index contributed by atoms with van der Waals surface area (Å²) < 4.78 is 45.7. The number of nitrogens with one attached hydrogen (secondary N) is 2. The van der Waals surface area contributed by atoms with Gasteiger partial charge < -0.3 is 10.6 Å². The Labute approximate surface area is 206 Å². The van der Waals surface area contributed by atoms with Gasteiger partial charge in [-0.2, -0.15) is 13.5 Å². The van der Waals surface area contributed by atoms with Gasteiger partial charge in [0.2, 0.25) is 12.1 Å². The first-order valence-corrected chi connectivity index (χ1v) is 10.7. The molecule has 36 heavy (non-hydrogen) atoms. The van der Waals surface area contributed by atoms with Crippen molar-refractivity contribution in [1.82, 2.24) is 35.5 Å². The third-order valence-corrected chi connectivity index (χ3v) is 5.34. The van der Waals surface area contributed by atoms with Crippen molar-refractivity contribution in [2.45, 2.75) is 18.9 Å². The molecule has 3 N–H and O–H groups in total. The lowest BCUT2D eigenvalue weighted by Crippen LogP contribution is -2.43. The summed E-state index contributed by atoms with van der Waals surface area (Å²) in [4.78, 5) is 20.5. The van der Waals surface area contributed by atoms with Gasteiger partial charge in [-0.15, -0.1) is 5.10 Å². The summed E-state index contributed by atoms with van der Waals surface area (Å²) in [7, 11) is 0. The van der Waals surface area contributed by atoms with Crippen LogP contribution in [0.15, 0.2) is 55.2 Å². The van der Waals surface area contributed by atoms with Gasteiger partial charge in [-0.3, -0.25) is 15.0 Å². The van der Waals surface area contributed by atoms with Crippen molar-refractivity contribution >= 4 is 23.3 Å². The minimum Gasteiger partial charge on any atom is -0.361 e. The summed E-state index contributed by atoms with van der Waals surface area (Å²) in [6.45, 7) is -1.09. The highest BCUT2D eigenvalue weighted by Gasteiger charge is 2.41. The maximum atomic E-state index is 15.0. The first kappa shape index (κ1) is 24.8. The molecule has 4 heterocycles. The molecule has 4 aromatic rings. The Morgan fingerprint density at radius 3 is 2.81 bits per heavy atom. The maximum absolute atomic E-state index is 15.0. The van der Waals surface area contributed by atoms with E-state index in [2.05, 4.69) is 36.1 Å². The van der Waals surface area contributed by atoms with Gasteiger partial charge >= 0.3 is 11.6 Å². The molecule has 11 nitrogen and oxygen atoms in total. The highest BCUT2D eigenvalue weighted by molar-refractivity contribution is 6.31. The summed E-state index contributed by atoms with van der Waals surface area (Å²) in [5.74, 6) is -5.74. The number of amides is 1. The minimum absolute atomic E-state index is 0.0191. The Hall–Kier alpha value is -4.33. The van der Waals surface area contributed by atoms with E-state index in [1.54, 1.807) is 12.1 Å². The van der Waals surface area contributed by atoms with E-state index in [-0.39, 0.29) is 21.9 Å². The second-order valence-corrected chi connectivity index (χ2v) is 7.82. The lowest BCUT2D eigenvalue weighted by molar-refractivity contribution is -0.913. The van der Waals surface area contributed by atoms with Crippen LogP contribution in [0.2, 0.25) is 5.02 Å². The Morgan fingerprint density at radius 2 is 2.06 bits per heavy atom. The highest BCUT2D eigenvalue weighted by atomic mass is 35.5. The van der Waals surface area contributed by atoms with E-state index in [9.17, 15) is 18.8 Å². The summed E-state index contributed by atoms with van der Waals surface area (Å²) in [6.07, 6.45) is 4.50. The largest absolute Gasteiger partial charge is 0.361 e. The fourth-order valence-corrected chi connectivity index (χ4v) is 3.45. The zero-order chi connectivity index (χ0) is 25.7. The van der Waals surface area contributed by atoms with E-state index >= 15 is 4.39 Å². The van der Waals surface area contributed by atoms with Gasteiger partial charge in [0.05, 0.1) is 35.9 Å². The van der Waals surface area contributed by atoms with Gasteiger partial charge in [0.1, 0.15) is 6.33 Å². The number of nitrogens with zero attached hydrogens (tertiary/aromatic N) is 7. The predicted molar refractivity (Wildman–Crippen MR) is 118 cm³/mol. The van der Waals surface area contributed by atoms with Crippen LogP contribution in [0.3, 0.4) is 0 Å². The number of rotatable bonds is 9. The van der Waals surface area contributed by atoms with Gasteiger partial charge in [-0.25, -0.2) is 9.37 Å². The Morgan fingerprint density at radius 1 is 1.22 bits per heavy atom. The van der Waals surface area contributed by atoms with Crippen molar-refractivity contribution in [2.75, 3.05) is 11.9 Å². The SMILES string of the molecule is O=C(Cc1c(Cl)cnc(NCC(F)(F)c2cccc[n+]2O)c1F)NCc1ncccc1-n1cnnn1. The van der Waals surface area contributed by atoms with Gasteiger partial charge in [0.15, 0.2) is 11.6 Å². The number of hydrogen-bond donors (Lipinski definition) is 3. The second kappa shape index (κ2) is 10.5. The van der Waals surface area contributed by atoms with Gasteiger partial charge in [-0.1, -0.05) is 11.6 Å². The molecule has 186 valence electrons. The van der Waals surface area contributed by atoms with Crippen molar-refractivity contribution < 1.29 is 27.9 Å². The molecular weight excluding hydrogens is 503 g/mol. The fourth-order valence-electron chi connectivity index (χ4n) is 3.25. The second-order valence-electron chi connectivity index (χ2n) is 7.41. The number of pyridine rings is 3. The molecule has 4 rings (SSSR count). The van der Waals surface area contributed by atoms with Crippen LogP contribution >= 0.6 is 11.6 Å². The first-order chi connectivity index (χ1) is 17.3. The third-order valence-electron chi connectivity index (χ3n) is 5.01. The molecule has 0 aliphatic rings. The predicted octanol–water partition coefficient (Wildman–Crippen LogP) is 1.83. The molecule has 1 amide bonds. The molecule has 0 bridgehead atoms. The van der Waals surface area contributed by atoms with E-state index in [4.69, 9.17) is 11.6 Å². The zero-order valence-electron chi connectivity index (χ0n) is 18.3. The fraction of sp³-hybridized carbons (Fsp3) is 0.190. The zero-order valence-corrected chi connectivity index (χ0v) is 19.1. The van der Waals surface area contributed by atoms with Crippen LogP contribution in [-0.2, 0) is 23.7 Å². The molecule has 0 fully saturated rings. The van der Waals surface area contributed by atoms with Gasteiger partial charge in [-0.05, 0) is 28.6 Å². The lowest BCUT2D eigenvalue weighted by atomic mass is 10.1. The van der Waals surface area contributed by atoms with Crippen LogP contribution in [0.1, 0.15) is 17.0 Å². The van der Waals surface area contributed by atoms with Crippen molar-refractivity contribution in [3.05, 3.63) is 83.0 Å². The van der Waals surface area contributed by atoms with Crippen molar-refractivity contribution in [1.29, 1.82) is 0 Å². The van der Waals surface area contributed by atoms with Crippen LogP contribution in [0, 0.1) is 5.82 Å². The van der Waals surface area contributed by atoms with Gasteiger partial charge in [0.25, 0.3) is 0 Å². The summed E-state index contributed by atoms with van der Waals surface area (Å²) in [6, 6.07) is 7.08. The van der Waals surface area contributed by atoms with Crippen molar-refractivity contribution in [2.24, 2.45) is 0 Å². The Bertz CT molecular complexity index is 1370. The quantitative estimate of drug-likeness (QED) is 0.225. The van der Waals surface area contributed by atoms with Crippen LogP contribution in [-0.4, -0.2) is 47.8 Å². The molecule has 0 aliphatic heterocycles. The standard InChI is InChI=1S/C21H17ClF3N9O2/c22-14-9-28-20(29-11-21(24,25)17-5-1-2-7-34(17)36)19(23)13(14)8-18(35)27-10-15-16(4-3-6-26-15)33-12-30-31-32-33/h1-7,9,12H,8,10-11H2,(H2-,27,28,29,35,36)/p+1. The number of carbonyl (C=O) groups is 1. The van der Waals surface area contributed by atoms with E-state index in [1.807, 2.05) is 0 Å². The monoisotopic (exact) mass is 520 g/mol. The average Bonchev–Trinajstić information content (AvgIpc) is 3.40. The molecule has 0 aliphatic carbocycles. The number of alkyl halides is 2. The van der Waals surface area contributed by atoms with Crippen molar-refractivity contribution in [3.8, 4) is 5.69 Å². The molecule has 0 aromatic carbocycles. The molecule has 0 spiro atoms. The molecule has 0 radical (unpaired) electrons. The van der Waals surface area contributed by atoms with E-state index < -0.39 is 42.1 Å². The normalized spacial score (nSPS) is 11.3. The molecule has 15 heteroatoms. The molecule has 0 saturated carbocycles. The molecule has 0 atom stereocenters. The molecule has 0 unspecified atom stereocenters. The smallest absolute Gasteiger partial charge is 0.351 e. The van der Waals surface area contributed by atoms with E-state index in [0.29, 0.717) is 11.4 Å². The number of tetrazole rings is 1. The number of halogens is 4. The maximum Gasteiger partial charge on any atom is 0.351 e. The van der Waals surface area contributed by atoms with Crippen LogP contribution in [0.5, 0.6) is 0 Å². The Kier molecular flexibility index (Phi) is 7.24. The third kappa shape index (κ3) is 5.49. The molecule has 4 aromatic heterocycles. The highest BCUT2D eigenvalue weighted by Crippen LogP contribution is 2.28. The topological polar surface area (TPSA) is 135 Å². The van der Waals surface area contributed by atoms with Crippen LogP contribution < -0.4 is 15.4 Å². The number of hydrogen-bond acceptors (Lipinski definition) is 8. The number of aromatic nitrogens is 7. The first-order valence-electron chi connectivity index (χ1n) is 10.3. The summed E-state index contributed by atoms with van der Waals surface area (Å²) in [5.41, 5.74) is 0.0488. The summed E-state index contributed by atoms with van der Waals surface area (Å²) >= 11 is 6.03.